The van der Waals surface area contributed by atoms with Gasteiger partial charge in [0.2, 0.25) is 0 Å². The molecule has 1 aromatic rings. The second kappa shape index (κ2) is 7.64. The zero-order valence-electron chi connectivity index (χ0n) is 11.0. The standard InChI is InChI=1S/C13H19ClN2OS/c1-4-11-6-10(7-12(14)16-11)13(17)15-9(3)8-18-5-2/h6-7,9H,4-5,8H2,1-3H3,(H,15,17). The van der Waals surface area contributed by atoms with Crippen LogP contribution in [0.4, 0.5) is 0 Å². The minimum atomic E-state index is -0.0850. The van der Waals surface area contributed by atoms with Gasteiger partial charge < -0.3 is 5.32 Å². The van der Waals surface area contributed by atoms with Crippen molar-refractivity contribution in [2.24, 2.45) is 0 Å². The Morgan fingerprint density at radius 3 is 2.83 bits per heavy atom. The molecule has 1 atom stereocenters. The third kappa shape index (κ3) is 4.86. The number of aromatic nitrogens is 1. The Labute approximate surface area is 118 Å². The normalized spacial score (nSPS) is 12.2. The van der Waals surface area contributed by atoms with Gasteiger partial charge in [-0.2, -0.15) is 11.8 Å². The molecular formula is C13H19ClN2OS. The van der Waals surface area contributed by atoms with Gasteiger partial charge in [0.15, 0.2) is 0 Å². The van der Waals surface area contributed by atoms with E-state index < -0.39 is 0 Å². The summed E-state index contributed by atoms with van der Waals surface area (Å²) in [4.78, 5) is 16.2. The van der Waals surface area contributed by atoms with Crippen molar-refractivity contribution in [3.05, 3.63) is 28.5 Å². The van der Waals surface area contributed by atoms with E-state index in [1.54, 1.807) is 12.1 Å². The van der Waals surface area contributed by atoms with E-state index in [9.17, 15) is 4.79 Å². The minimum absolute atomic E-state index is 0.0850. The summed E-state index contributed by atoms with van der Waals surface area (Å²) in [5, 5.41) is 3.33. The van der Waals surface area contributed by atoms with Crippen molar-refractivity contribution in [2.75, 3.05) is 11.5 Å². The summed E-state index contributed by atoms with van der Waals surface area (Å²) in [5.74, 6) is 1.89. The lowest BCUT2D eigenvalue weighted by molar-refractivity contribution is 0.0943. The van der Waals surface area contributed by atoms with Crippen LogP contribution in [-0.2, 0) is 6.42 Å². The molecule has 5 heteroatoms. The zero-order chi connectivity index (χ0) is 13.5. The number of hydrogen-bond acceptors (Lipinski definition) is 3. The Bertz CT molecular complexity index is 412. The predicted molar refractivity (Wildman–Crippen MR) is 78.6 cm³/mol. The quantitative estimate of drug-likeness (QED) is 0.817. The Balaban J connectivity index is 2.68. The summed E-state index contributed by atoms with van der Waals surface area (Å²) >= 11 is 7.71. The van der Waals surface area contributed by atoms with Crippen molar-refractivity contribution in [1.29, 1.82) is 0 Å². The van der Waals surface area contributed by atoms with Crippen molar-refractivity contribution >= 4 is 29.3 Å². The van der Waals surface area contributed by atoms with Crippen LogP contribution in [0, 0.1) is 0 Å². The molecule has 0 saturated heterocycles. The third-order valence-electron chi connectivity index (χ3n) is 2.42. The Hall–Kier alpha value is -0.740. The largest absolute Gasteiger partial charge is 0.349 e. The van der Waals surface area contributed by atoms with Gasteiger partial charge in [-0.15, -0.1) is 0 Å². The molecule has 1 heterocycles. The highest BCUT2D eigenvalue weighted by Crippen LogP contribution is 2.12. The lowest BCUT2D eigenvalue weighted by Crippen LogP contribution is -2.34. The van der Waals surface area contributed by atoms with Gasteiger partial charge in [0.05, 0.1) is 0 Å². The monoisotopic (exact) mass is 286 g/mol. The molecule has 1 rings (SSSR count). The molecule has 100 valence electrons. The molecule has 1 unspecified atom stereocenters. The number of rotatable bonds is 6. The second-order valence-electron chi connectivity index (χ2n) is 4.06. The zero-order valence-corrected chi connectivity index (χ0v) is 12.6. The van der Waals surface area contributed by atoms with Crippen LogP contribution in [-0.4, -0.2) is 28.4 Å². The van der Waals surface area contributed by atoms with Crippen molar-refractivity contribution in [3.63, 3.8) is 0 Å². The molecule has 0 saturated carbocycles. The summed E-state index contributed by atoms with van der Waals surface area (Å²) in [7, 11) is 0. The number of thioether (sulfide) groups is 1. The van der Waals surface area contributed by atoms with Gasteiger partial charge in [-0.3, -0.25) is 4.79 Å². The minimum Gasteiger partial charge on any atom is -0.349 e. The van der Waals surface area contributed by atoms with Crippen molar-refractivity contribution in [3.8, 4) is 0 Å². The van der Waals surface area contributed by atoms with E-state index in [0.29, 0.717) is 10.7 Å². The predicted octanol–water partition coefficient (Wildman–Crippen LogP) is 3.17. The second-order valence-corrected chi connectivity index (χ2v) is 5.76. The van der Waals surface area contributed by atoms with Crippen LogP contribution in [0.15, 0.2) is 12.1 Å². The first-order valence-corrected chi connectivity index (χ1v) is 7.65. The van der Waals surface area contributed by atoms with E-state index in [0.717, 1.165) is 23.6 Å². The van der Waals surface area contributed by atoms with Crippen LogP contribution in [0.5, 0.6) is 0 Å². The number of carbonyl (C=O) groups excluding carboxylic acids is 1. The first-order chi connectivity index (χ1) is 8.56. The van der Waals surface area contributed by atoms with Crippen LogP contribution >= 0.6 is 23.4 Å². The highest BCUT2D eigenvalue weighted by molar-refractivity contribution is 7.99. The number of pyridine rings is 1. The summed E-state index contributed by atoms with van der Waals surface area (Å²) in [5.41, 5.74) is 1.42. The highest BCUT2D eigenvalue weighted by atomic mass is 35.5. The molecule has 0 spiro atoms. The van der Waals surface area contributed by atoms with Crippen molar-refractivity contribution in [1.82, 2.24) is 10.3 Å². The third-order valence-corrected chi connectivity index (χ3v) is 3.76. The maximum absolute atomic E-state index is 12.0. The average Bonchev–Trinajstić information content (AvgIpc) is 2.35. The van der Waals surface area contributed by atoms with Crippen LogP contribution in [0.2, 0.25) is 5.15 Å². The van der Waals surface area contributed by atoms with Crippen LogP contribution in [0.1, 0.15) is 36.8 Å². The maximum Gasteiger partial charge on any atom is 0.251 e. The molecule has 0 aliphatic carbocycles. The van der Waals surface area contributed by atoms with Gasteiger partial charge in [0.25, 0.3) is 5.91 Å². The van der Waals surface area contributed by atoms with Crippen LogP contribution in [0.3, 0.4) is 0 Å². The molecule has 1 N–H and O–H groups in total. The number of hydrogen-bond donors (Lipinski definition) is 1. The molecular weight excluding hydrogens is 268 g/mol. The SMILES string of the molecule is CCSCC(C)NC(=O)c1cc(Cl)nc(CC)c1. The van der Waals surface area contributed by atoms with E-state index >= 15 is 0 Å². The number of aryl methyl sites for hydroxylation is 1. The van der Waals surface area contributed by atoms with E-state index in [2.05, 4.69) is 17.2 Å². The van der Waals surface area contributed by atoms with Gasteiger partial charge >= 0.3 is 0 Å². The van der Waals surface area contributed by atoms with Gasteiger partial charge in [0, 0.05) is 23.1 Å². The highest BCUT2D eigenvalue weighted by Gasteiger charge is 2.11. The molecule has 0 fully saturated rings. The van der Waals surface area contributed by atoms with Gasteiger partial charge in [-0.25, -0.2) is 4.98 Å². The summed E-state index contributed by atoms with van der Waals surface area (Å²) in [6, 6.07) is 3.55. The number of carbonyl (C=O) groups is 1. The fourth-order valence-corrected chi connectivity index (χ4v) is 2.41. The fraction of sp³-hybridized carbons (Fsp3) is 0.538. The Morgan fingerprint density at radius 1 is 1.50 bits per heavy atom. The number of amides is 1. The lowest BCUT2D eigenvalue weighted by atomic mass is 10.2. The molecule has 0 bridgehead atoms. The van der Waals surface area contributed by atoms with Gasteiger partial charge in [-0.05, 0) is 31.2 Å². The van der Waals surface area contributed by atoms with Gasteiger partial charge in [0.1, 0.15) is 5.15 Å². The molecule has 1 aromatic heterocycles. The molecule has 0 radical (unpaired) electrons. The maximum atomic E-state index is 12.0. The Kier molecular flexibility index (Phi) is 6.50. The lowest BCUT2D eigenvalue weighted by Gasteiger charge is -2.13. The molecule has 0 aliphatic heterocycles. The van der Waals surface area contributed by atoms with Crippen LogP contribution < -0.4 is 5.32 Å². The fourth-order valence-electron chi connectivity index (χ4n) is 1.51. The summed E-state index contributed by atoms with van der Waals surface area (Å²) < 4.78 is 0. The van der Waals surface area contributed by atoms with E-state index in [1.165, 1.54) is 0 Å². The number of nitrogens with one attached hydrogen (secondary N) is 1. The molecule has 0 aliphatic rings. The van der Waals surface area contributed by atoms with Crippen molar-refractivity contribution in [2.45, 2.75) is 33.2 Å². The van der Waals surface area contributed by atoms with Crippen LogP contribution in [0.25, 0.3) is 0 Å². The topological polar surface area (TPSA) is 42.0 Å². The first-order valence-electron chi connectivity index (χ1n) is 6.11. The summed E-state index contributed by atoms with van der Waals surface area (Å²) in [6.45, 7) is 6.10. The molecule has 3 nitrogen and oxygen atoms in total. The molecule has 1 amide bonds. The Morgan fingerprint density at radius 2 is 2.22 bits per heavy atom. The first kappa shape index (κ1) is 15.3. The van der Waals surface area contributed by atoms with Gasteiger partial charge in [-0.1, -0.05) is 25.4 Å². The summed E-state index contributed by atoms with van der Waals surface area (Å²) in [6.07, 6.45) is 0.766. The van der Waals surface area contributed by atoms with Crippen molar-refractivity contribution < 1.29 is 4.79 Å². The smallest absolute Gasteiger partial charge is 0.251 e. The molecule has 18 heavy (non-hydrogen) atoms. The van der Waals surface area contributed by atoms with E-state index in [4.69, 9.17) is 11.6 Å². The number of halogens is 1. The van der Waals surface area contributed by atoms with E-state index in [1.807, 2.05) is 25.6 Å². The van der Waals surface area contributed by atoms with E-state index in [-0.39, 0.29) is 11.9 Å². The number of nitrogens with zero attached hydrogens (tertiary/aromatic N) is 1. The average molecular weight is 287 g/mol. The molecule has 0 aromatic carbocycles.